The maximum absolute atomic E-state index is 13.6. The van der Waals surface area contributed by atoms with Crippen molar-refractivity contribution in [1.82, 2.24) is 10.2 Å². The van der Waals surface area contributed by atoms with Gasteiger partial charge in [0.05, 0.1) is 5.69 Å². The van der Waals surface area contributed by atoms with E-state index < -0.39 is 17.5 Å². The third-order valence-corrected chi connectivity index (χ3v) is 2.53. The van der Waals surface area contributed by atoms with Gasteiger partial charge in [0.25, 0.3) is 0 Å². The van der Waals surface area contributed by atoms with Crippen LogP contribution >= 0.6 is 0 Å². The molecule has 0 atom stereocenters. The van der Waals surface area contributed by atoms with Crippen molar-refractivity contribution in [3.63, 3.8) is 0 Å². The van der Waals surface area contributed by atoms with E-state index in [0.717, 1.165) is 25.1 Å². The van der Waals surface area contributed by atoms with Gasteiger partial charge >= 0.3 is 0 Å². The summed E-state index contributed by atoms with van der Waals surface area (Å²) in [5, 5.41) is 10.6. The van der Waals surface area contributed by atoms with Crippen molar-refractivity contribution >= 4 is 5.82 Å². The van der Waals surface area contributed by atoms with E-state index in [9.17, 15) is 13.2 Å². The van der Waals surface area contributed by atoms with Gasteiger partial charge in [-0.05, 0) is 30.7 Å². The molecule has 2 aromatic rings. The molecule has 3 nitrogen and oxygen atoms in total. The van der Waals surface area contributed by atoms with Gasteiger partial charge in [-0.2, -0.15) is 0 Å². The normalized spacial score (nSPS) is 10.5. The SMILES string of the molecule is CCCNc1ccc(-c2ccc(F)c(F)c2F)nn1. The Bertz CT molecular complexity index is 570. The summed E-state index contributed by atoms with van der Waals surface area (Å²) in [5.74, 6) is -3.44. The molecule has 2 rings (SSSR count). The van der Waals surface area contributed by atoms with Crippen molar-refractivity contribution in [3.8, 4) is 11.3 Å². The molecule has 100 valence electrons. The predicted octanol–water partition coefficient (Wildman–Crippen LogP) is 3.38. The number of aromatic nitrogens is 2. The first-order chi connectivity index (χ1) is 9.13. The van der Waals surface area contributed by atoms with Gasteiger partial charge in [-0.15, -0.1) is 10.2 Å². The van der Waals surface area contributed by atoms with E-state index in [-0.39, 0.29) is 11.3 Å². The molecular weight excluding hydrogens is 255 g/mol. The molecule has 0 aliphatic carbocycles. The van der Waals surface area contributed by atoms with Crippen LogP contribution in [0.4, 0.5) is 19.0 Å². The monoisotopic (exact) mass is 267 g/mol. The van der Waals surface area contributed by atoms with E-state index >= 15 is 0 Å². The Balaban J connectivity index is 2.30. The highest BCUT2D eigenvalue weighted by Gasteiger charge is 2.15. The number of rotatable bonds is 4. The number of benzene rings is 1. The van der Waals surface area contributed by atoms with Crippen molar-refractivity contribution in [2.45, 2.75) is 13.3 Å². The lowest BCUT2D eigenvalue weighted by Gasteiger charge is -2.05. The van der Waals surface area contributed by atoms with Crippen molar-refractivity contribution in [1.29, 1.82) is 0 Å². The molecule has 1 heterocycles. The minimum Gasteiger partial charge on any atom is -0.369 e. The predicted molar refractivity (Wildman–Crippen MR) is 66.1 cm³/mol. The Hall–Kier alpha value is -2.11. The Morgan fingerprint density at radius 2 is 1.79 bits per heavy atom. The minimum atomic E-state index is -1.51. The summed E-state index contributed by atoms with van der Waals surface area (Å²) in [6.45, 7) is 2.75. The van der Waals surface area contributed by atoms with Crippen LogP contribution in [0.5, 0.6) is 0 Å². The van der Waals surface area contributed by atoms with E-state index in [4.69, 9.17) is 0 Å². The molecule has 1 N–H and O–H groups in total. The second-order valence-corrected chi connectivity index (χ2v) is 3.95. The quantitative estimate of drug-likeness (QED) is 0.863. The van der Waals surface area contributed by atoms with Crippen molar-refractivity contribution < 1.29 is 13.2 Å². The Morgan fingerprint density at radius 1 is 1.00 bits per heavy atom. The van der Waals surface area contributed by atoms with Gasteiger partial charge < -0.3 is 5.32 Å². The fraction of sp³-hybridized carbons (Fsp3) is 0.231. The zero-order valence-electron chi connectivity index (χ0n) is 10.3. The average molecular weight is 267 g/mol. The van der Waals surface area contributed by atoms with Crippen LogP contribution in [0.1, 0.15) is 13.3 Å². The molecule has 0 saturated carbocycles. The van der Waals surface area contributed by atoms with Crippen LogP contribution in [0.3, 0.4) is 0 Å². The summed E-state index contributed by atoms with van der Waals surface area (Å²) >= 11 is 0. The van der Waals surface area contributed by atoms with E-state index in [1.807, 2.05) is 6.92 Å². The Labute approximate surface area is 108 Å². The molecule has 0 radical (unpaired) electrons. The van der Waals surface area contributed by atoms with Crippen molar-refractivity contribution in [3.05, 3.63) is 41.7 Å². The van der Waals surface area contributed by atoms with Crippen LogP contribution in [0.15, 0.2) is 24.3 Å². The van der Waals surface area contributed by atoms with Gasteiger partial charge in [0, 0.05) is 12.1 Å². The highest BCUT2D eigenvalue weighted by Crippen LogP contribution is 2.24. The summed E-state index contributed by atoms with van der Waals surface area (Å²) in [6, 6.07) is 5.11. The number of nitrogens with zero attached hydrogens (tertiary/aromatic N) is 2. The zero-order valence-corrected chi connectivity index (χ0v) is 10.3. The maximum atomic E-state index is 13.6. The average Bonchev–Trinajstić information content (AvgIpc) is 2.44. The summed E-state index contributed by atoms with van der Waals surface area (Å²) in [6.07, 6.45) is 0.932. The van der Waals surface area contributed by atoms with Crippen molar-refractivity contribution in [2.24, 2.45) is 0 Å². The third-order valence-electron chi connectivity index (χ3n) is 2.53. The van der Waals surface area contributed by atoms with Gasteiger partial charge in [-0.3, -0.25) is 0 Å². The van der Waals surface area contributed by atoms with Crippen LogP contribution in [-0.4, -0.2) is 16.7 Å². The van der Waals surface area contributed by atoms with Gasteiger partial charge in [-0.25, -0.2) is 13.2 Å². The number of nitrogens with one attached hydrogen (secondary N) is 1. The summed E-state index contributed by atoms with van der Waals surface area (Å²) in [5.41, 5.74) is 0.0342. The molecule has 6 heteroatoms. The largest absolute Gasteiger partial charge is 0.369 e. The Kier molecular flexibility index (Phi) is 3.99. The topological polar surface area (TPSA) is 37.8 Å². The molecule has 0 saturated heterocycles. The first-order valence-electron chi connectivity index (χ1n) is 5.85. The summed E-state index contributed by atoms with van der Waals surface area (Å²) < 4.78 is 39.5. The van der Waals surface area contributed by atoms with E-state index in [1.165, 1.54) is 6.07 Å². The van der Waals surface area contributed by atoms with E-state index in [0.29, 0.717) is 5.82 Å². The highest BCUT2D eigenvalue weighted by molar-refractivity contribution is 5.60. The fourth-order valence-electron chi connectivity index (χ4n) is 1.55. The van der Waals surface area contributed by atoms with Gasteiger partial charge in [0.2, 0.25) is 0 Å². The molecule has 19 heavy (non-hydrogen) atoms. The van der Waals surface area contributed by atoms with Gasteiger partial charge in [0.1, 0.15) is 5.82 Å². The molecule has 0 spiro atoms. The third kappa shape index (κ3) is 2.83. The second-order valence-electron chi connectivity index (χ2n) is 3.95. The number of hydrogen-bond acceptors (Lipinski definition) is 3. The van der Waals surface area contributed by atoms with Gasteiger partial charge in [0.15, 0.2) is 17.5 Å². The first-order valence-corrected chi connectivity index (χ1v) is 5.85. The second kappa shape index (κ2) is 5.69. The Morgan fingerprint density at radius 3 is 2.42 bits per heavy atom. The summed E-state index contributed by atoms with van der Waals surface area (Å²) in [4.78, 5) is 0. The number of halogens is 3. The molecule has 0 aliphatic heterocycles. The molecule has 1 aromatic carbocycles. The highest BCUT2D eigenvalue weighted by atomic mass is 19.2. The molecule has 0 aliphatic rings. The van der Waals surface area contributed by atoms with Gasteiger partial charge in [-0.1, -0.05) is 6.92 Å². The molecule has 0 amide bonds. The lowest BCUT2D eigenvalue weighted by Crippen LogP contribution is -2.03. The standard InChI is InChI=1S/C13H12F3N3/c1-2-7-17-11-6-5-10(18-19-11)8-3-4-9(14)13(16)12(8)15/h3-6H,2,7H2,1H3,(H,17,19). The molecule has 0 bridgehead atoms. The minimum absolute atomic E-state index is 0.117. The van der Waals surface area contributed by atoms with Crippen molar-refractivity contribution in [2.75, 3.05) is 11.9 Å². The maximum Gasteiger partial charge on any atom is 0.195 e. The smallest absolute Gasteiger partial charge is 0.195 e. The molecular formula is C13H12F3N3. The van der Waals surface area contributed by atoms with Crippen LogP contribution in [0.2, 0.25) is 0 Å². The van der Waals surface area contributed by atoms with Crippen LogP contribution < -0.4 is 5.32 Å². The molecule has 0 unspecified atom stereocenters. The van der Waals surface area contributed by atoms with Crippen LogP contribution in [-0.2, 0) is 0 Å². The first kappa shape index (κ1) is 13.3. The lowest BCUT2D eigenvalue weighted by atomic mass is 10.1. The van der Waals surface area contributed by atoms with E-state index in [2.05, 4.69) is 15.5 Å². The number of anilines is 1. The zero-order chi connectivity index (χ0) is 13.8. The molecule has 1 aromatic heterocycles. The molecule has 0 fully saturated rings. The van der Waals surface area contributed by atoms with E-state index in [1.54, 1.807) is 6.07 Å². The lowest BCUT2D eigenvalue weighted by molar-refractivity contribution is 0.448. The summed E-state index contributed by atoms with van der Waals surface area (Å²) in [7, 11) is 0. The fourth-order valence-corrected chi connectivity index (χ4v) is 1.55. The van der Waals surface area contributed by atoms with Crippen LogP contribution in [0.25, 0.3) is 11.3 Å². The van der Waals surface area contributed by atoms with Crippen LogP contribution in [0, 0.1) is 17.5 Å². The number of hydrogen-bond donors (Lipinski definition) is 1.